The Hall–Kier alpha value is -2.70. The second-order valence-corrected chi connectivity index (χ2v) is 7.68. The predicted octanol–water partition coefficient (Wildman–Crippen LogP) is 3.51. The van der Waals surface area contributed by atoms with Gasteiger partial charge in [-0.3, -0.25) is 9.59 Å². The third-order valence-electron chi connectivity index (χ3n) is 5.52. The average molecular weight is 384 g/mol. The summed E-state index contributed by atoms with van der Waals surface area (Å²) in [5.74, 6) is -0.395. The summed E-state index contributed by atoms with van der Waals surface area (Å²) in [6.07, 6.45) is 10.6. The Labute approximate surface area is 165 Å². The zero-order chi connectivity index (χ0) is 19.9. The Kier molecular flexibility index (Phi) is 6.79. The normalized spacial score (nSPS) is 15.9. The number of aryl methyl sites for hydroxylation is 1. The first-order valence-corrected chi connectivity index (χ1v) is 10.0. The highest BCUT2D eigenvalue weighted by molar-refractivity contribution is 5.96. The maximum absolute atomic E-state index is 12.9. The van der Waals surface area contributed by atoms with Gasteiger partial charge >= 0.3 is 5.97 Å². The molecule has 1 unspecified atom stereocenters. The van der Waals surface area contributed by atoms with Gasteiger partial charge in [0.15, 0.2) is 0 Å². The topological polar surface area (TPSA) is 97.1 Å². The number of aromatic nitrogens is 3. The summed E-state index contributed by atoms with van der Waals surface area (Å²) in [6.45, 7) is 1.89. The standard InChI is InChI=1S/C21H28N4O3/c1-15-11-18(25-14-22-13-23-25)8-9-19(15)21(28)24-17(7-10-20(26)27)12-16-5-3-2-4-6-16/h8-9,11,13-14,16-17H,2-7,10,12H2,1H3,(H,24,28)(H,26,27). The fourth-order valence-corrected chi connectivity index (χ4v) is 4.02. The van der Waals surface area contributed by atoms with Crippen molar-refractivity contribution < 1.29 is 14.7 Å². The van der Waals surface area contributed by atoms with E-state index in [4.69, 9.17) is 5.11 Å². The maximum atomic E-state index is 12.9. The molecule has 28 heavy (non-hydrogen) atoms. The molecule has 1 aliphatic carbocycles. The molecule has 2 aromatic rings. The largest absolute Gasteiger partial charge is 0.481 e. The van der Waals surface area contributed by atoms with Crippen molar-refractivity contribution in [2.45, 2.75) is 64.3 Å². The molecule has 0 bridgehead atoms. The van der Waals surface area contributed by atoms with Gasteiger partial charge in [-0.2, -0.15) is 5.10 Å². The number of hydrogen-bond acceptors (Lipinski definition) is 4. The molecule has 1 aliphatic rings. The molecule has 7 nitrogen and oxygen atoms in total. The van der Waals surface area contributed by atoms with Crippen molar-refractivity contribution in [2.75, 3.05) is 0 Å². The third-order valence-corrected chi connectivity index (χ3v) is 5.52. The molecule has 1 aromatic heterocycles. The lowest BCUT2D eigenvalue weighted by Crippen LogP contribution is -2.37. The van der Waals surface area contributed by atoms with Crippen LogP contribution in [0.4, 0.5) is 0 Å². The van der Waals surface area contributed by atoms with E-state index in [-0.39, 0.29) is 18.4 Å². The number of hydrogen-bond donors (Lipinski definition) is 2. The van der Waals surface area contributed by atoms with E-state index in [0.717, 1.165) is 17.7 Å². The number of benzene rings is 1. The van der Waals surface area contributed by atoms with Crippen molar-refractivity contribution in [1.29, 1.82) is 0 Å². The van der Waals surface area contributed by atoms with Crippen molar-refractivity contribution in [2.24, 2.45) is 5.92 Å². The van der Waals surface area contributed by atoms with Crippen LogP contribution in [-0.4, -0.2) is 37.8 Å². The first-order valence-electron chi connectivity index (χ1n) is 10.0. The third kappa shape index (κ3) is 5.41. The quantitative estimate of drug-likeness (QED) is 0.726. The molecule has 1 aromatic carbocycles. The number of aliphatic carboxylic acids is 1. The second-order valence-electron chi connectivity index (χ2n) is 7.68. The summed E-state index contributed by atoms with van der Waals surface area (Å²) in [5, 5.41) is 16.3. The zero-order valence-corrected chi connectivity index (χ0v) is 16.3. The lowest BCUT2D eigenvalue weighted by atomic mass is 9.84. The van der Waals surface area contributed by atoms with Gasteiger partial charge in [0, 0.05) is 18.0 Å². The van der Waals surface area contributed by atoms with Gasteiger partial charge in [0.05, 0.1) is 5.69 Å². The Morgan fingerprint density at radius 3 is 2.71 bits per heavy atom. The van der Waals surface area contributed by atoms with Crippen LogP contribution in [0.5, 0.6) is 0 Å². The van der Waals surface area contributed by atoms with Gasteiger partial charge in [0.1, 0.15) is 12.7 Å². The molecule has 1 atom stereocenters. The summed E-state index contributed by atoms with van der Waals surface area (Å²) >= 11 is 0. The van der Waals surface area contributed by atoms with E-state index in [0.29, 0.717) is 17.9 Å². The zero-order valence-electron chi connectivity index (χ0n) is 16.3. The molecular formula is C21H28N4O3. The molecule has 0 radical (unpaired) electrons. The van der Waals surface area contributed by atoms with Crippen molar-refractivity contribution in [1.82, 2.24) is 20.1 Å². The van der Waals surface area contributed by atoms with Crippen molar-refractivity contribution >= 4 is 11.9 Å². The number of amides is 1. The molecule has 150 valence electrons. The van der Waals surface area contributed by atoms with Gasteiger partial charge in [-0.25, -0.2) is 9.67 Å². The lowest BCUT2D eigenvalue weighted by Gasteiger charge is -2.27. The van der Waals surface area contributed by atoms with Gasteiger partial charge in [-0.05, 0) is 49.4 Å². The number of rotatable bonds is 8. The Bertz CT molecular complexity index is 798. The number of nitrogens with zero attached hydrogens (tertiary/aromatic N) is 3. The summed E-state index contributed by atoms with van der Waals surface area (Å²) in [5.41, 5.74) is 2.30. The van der Waals surface area contributed by atoms with Crippen LogP contribution in [0, 0.1) is 12.8 Å². The second kappa shape index (κ2) is 9.48. The summed E-state index contributed by atoms with van der Waals surface area (Å²) in [7, 11) is 0. The Morgan fingerprint density at radius 2 is 2.07 bits per heavy atom. The first-order chi connectivity index (χ1) is 13.5. The lowest BCUT2D eigenvalue weighted by molar-refractivity contribution is -0.137. The van der Waals surface area contributed by atoms with Gasteiger partial charge in [0.2, 0.25) is 0 Å². The van der Waals surface area contributed by atoms with Crippen LogP contribution < -0.4 is 5.32 Å². The fraction of sp³-hybridized carbons (Fsp3) is 0.524. The number of nitrogens with one attached hydrogen (secondary N) is 1. The summed E-state index contributed by atoms with van der Waals surface area (Å²) in [4.78, 5) is 27.8. The Morgan fingerprint density at radius 1 is 1.29 bits per heavy atom. The van der Waals surface area contributed by atoms with Crippen LogP contribution in [-0.2, 0) is 4.79 Å². The van der Waals surface area contributed by atoms with E-state index >= 15 is 0 Å². The molecule has 0 aliphatic heterocycles. The smallest absolute Gasteiger partial charge is 0.303 e. The SMILES string of the molecule is Cc1cc(-n2cncn2)ccc1C(=O)NC(CCC(=O)O)CC1CCCCC1. The van der Waals surface area contributed by atoms with E-state index in [9.17, 15) is 9.59 Å². The van der Waals surface area contributed by atoms with Crippen LogP contribution >= 0.6 is 0 Å². The number of carbonyl (C=O) groups excluding carboxylic acids is 1. The molecule has 7 heteroatoms. The van der Waals surface area contributed by atoms with E-state index in [1.54, 1.807) is 17.1 Å². The van der Waals surface area contributed by atoms with Crippen molar-refractivity contribution in [3.05, 3.63) is 42.0 Å². The number of carboxylic acids is 1. The van der Waals surface area contributed by atoms with Crippen LogP contribution in [0.3, 0.4) is 0 Å². The molecule has 3 rings (SSSR count). The highest BCUT2D eigenvalue weighted by Crippen LogP contribution is 2.28. The van der Waals surface area contributed by atoms with Crippen molar-refractivity contribution in [3.8, 4) is 5.69 Å². The highest BCUT2D eigenvalue weighted by Gasteiger charge is 2.22. The van der Waals surface area contributed by atoms with Crippen LogP contribution in [0.25, 0.3) is 5.69 Å². The molecule has 1 heterocycles. The molecule has 2 N–H and O–H groups in total. The molecule has 0 saturated heterocycles. The molecular weight excluding hydrogens is 356 g/mol. The van der Waals surface area contributed by atoms with Crippen LogP contribution in [0.15, 0.2) is 30.9 Å². The van der Waals surface area contributed by atoms with Gasteiger partial charge in [0.25, 0.3) is 5.91 Å². The molecule has 1 saturated carbocycles. The number of carboxylic acid groups (broad SMARTS) is 1. The monoisotopic (exact) mass is 384 g/mol. The molecule has 0 spiro atoms. The van der Waals surface area contributed by atoms with Crippen LogP contribution in [0.2, 0.25) is 0 Å². The van der Waals surface area contributed by atoms with E-state index in [2.05, 4.69) is 15.4 Å². The minimum Gasteiger partial charge on any atom is -0.481 e. The van der Waals surface area contributed by atoms with Gasteiger partial charge in [-0.15, -0.1) is 0 Å². The maximum Gasteiger partial charge on any atom is 0.303 e. The summed E-state index contributed by atoms with van der Waals surface area (Å²) < 4.78 is 1.65. The molecule has 1 amide bonds. The highest BCUT2D eigenvalue weighted by atomic mass is 16.4. The molecule has 1 fully saturated rings. The average Bonchev–Trinajstić information content (AvgIpc) is 3.21. The van der Waals surface area contributed by atoms with Gasteiger partial charge < -0.3 is 10.4 Å². The minimum atomic E-state index is -0.823. The van der Waals surface area contributed by atoms with E-state index in [1.807, 2.05) is 19.1 Å². The van der Waals surface area contributed by atoms with Gasteiger partial charge in [-0.1, -0.05) is 32.1 Å². The first kappa shape index (κ1) is 20.0. The predicted molar refractivity (Wildman–Crippen MR) is 105 cm³/mol. The van der Waals surface area contributed by atoms with E-state index in [1.165, 1.54) is 38.4 Å². The van der Waals surface area contributed by atoms with Crippen LogP contribution in [0.1, 0.15) is 67.3 Å². The fourth-order valence-electron chi connectivity index (χ4n) is 4.02. The van der Waals surface area contributed by atoms with E-state index < -0.39 is 5.97 Å². The van der Waals surface area contributed by atoms with Crippen molar-refractivity contribution in [3.63, 3.8) is 0 Å². The Balaban J connectivity index is 1.68. The minimum absolute atomic E-state index is 0.0713. The number of carbonyl (C=O) groups is 2. The summed E-state index contributed by atoms with van der Waals surface area (Å²) in [6, 6.07) is 5.42.